The molecule has 3 aromatic rings. The zero-order chi connectivity index (χ0) is 19.7. The van der Waals surface area contributed by atoms with Gasteiger partial charge in [-0.3, -0.25) is 9.59 Å². The van der Waals surface area contributed by atoms with Gasteiger partial charge in [-0.2, -0.15) is 0 Å². The highest BCUT2D eigenvalue weighted by atomic mass is 16.2. The Kier molecular flexibility index (Phi) is 4.96. The van der Waals surface area contributed by atoms with Gasteiger partial charge in [-0.1, -0.05) is 30.3 Å². The van der Waals surface area contributed by atoms with Crippen molar-refractivity contribution in [1.82, 2.24) is 9.97 Å². The molecule has 1 amide bonds. The predicted octanol–water partition coefficient (Wildman–Crippen LogP) is 1.31. The molecule has 1 unspecified atom stereocenters. The maximum absolute atomic E-state index is 13.1. The number of fused-ring (bicyclic) bond motifs is 2. The minimum absolute atomic E-state index is 0.109. The molecule has 0 bridgehead atoms. The van der Waals surface area contributed by atoms with Gasteiger partial charge in [-0.05, 0) is 44.0 Å². The van der Waals surface area contributed by atoms with Gasteiger partial charge in [-0.15, -0.1) is 0 Å². The maximum atomic E-state index is 13.1. The van der Waals surface area contributed by atoms with Crippen LogP contribution in [0.1, 0.15) is 25.2 Å². The van der Waals surface area contributed by atoms with Crippen LogP contribution in [-0.2, 0) is 17.8 Å². The van der Waals surface area contributed by atoms with E-state index in [1.807, 2.05) is 48.2 Å². The molecule has 0 fully saturated rings. The van der Waals surface area contributed by atoms with Crippen molar-refractivity contribution in [2.75, 3.05) is 18.0 Å². The number of aromatic nitrogens is 2. The number of quaternary nitrogens is 1. The van der Waals surface area contributed by atoms with Crippen LogP contribution in [0, 0.1) is 0 Å². The average Bonchev–Trinajstić information content (AvgIpc) is 3.03. The molecule has 0 aliphatic carbocycles. The molecule has 144 valence electrons. The summed E-state index contributed by atoms with van der Waals surface area (Å²) in [6, 6.07) is 15.6. The lowest BCUT2D eigenvalue weighted by Gasteiger charge is -2.25. The van der Waals surface area contributed by atoms with Crippen LogP contribution in [0.15, 0.2) is 53.3 Å². The number of benzene rings is 2. The number of carbonyl (C=O) groups excluding carboxylic acids is 1. The van der Waals surface area contributed by atoms with Gasteiger partial charge in [0.25, 0.3) is 11.5 Å². The van der Waals surface area contributed by atoms with Gasteiger partial charge in [0.2, 0.25) is 0 Å². The average molecular weight is 377 g/mol. The highest BCUT2D eigenvalue weighted by Crippen LogP contribution is 2.31. The Hall–Kier alpha value is -2.99. The molecule has 1 aliphatic heterocycles. The van der Waals surface area contributed by atoms with E-state index in [4.69, 9.17) is 0 Å². The number of nitrogens with zero attached hydrogens (tertiary/aromatic N) is 2. The van der Waals surface area contributed by atoms with Crippen molar-refractivity contribution in [1.29, 1.82) is 0 Å². The topological polar surface area (TPSA) is 70.5 Å². The third-order valence-corrected chi connectivity index (χ3v) is 5.46. The molecule has 4 rings (SSSR count). The zero-order valence-electron chi connectivity index (χ0n) is 16.2. The van der Waals surface area contributed by atoms with Crippen LogP contribution >= 0.6 is 0 Å². The number of amides is 1. The Bertz CT molecular complexity index is 1080. The molecule has 1 aromatic heterocycles. The third-order valence-electron chi connectivity index (χ3n) is 5.46. The Labute approximate surface area is 163 Å². The van der Waals surface area contributed by atoms with Crippen molar-refractivity contribution in [2.45, 2.75) is 32.9 Å². The molecule has 0 radical (unpaired) electrons. The largest absolute Gasteiger partial charge is 0.321 e. The van der Waals surface area contributed by atoms with Gasteiger partial charge in [0.1, 0.15) is 6.54 Å². The number of rotatable bonds is 5. The zero-order valence-corrected chi connectivity index (χ0v) is 16.2. The molecule has 6 heteroatoms. The number of hydrogen-bond donors (Lipinski definition) is 2. The van der Waals surface area contributed by atoms with Crippen LogP contribution in [0.4, 0.5) is 5.69 Å². The second-order valence-electron chi connectivity index (χ2n) is 7.43. The van der Waals surface area contributed by atoms with Crippen molar-refractivity contribution in [3.05, 3.63) is 70.3 Å². The highest BCUT2D eigenvalue weighted by molar-refractivity contribution is 5.96. The van der Waals surface area contributed by atoms with E-state index in [0.717, 1.165) is 23.6 Å². The van der Waals surface area contributed by atoms with Gasteiger partial charge in [0.15, 0.2) is 12.4 Å². The Balaban J connectivity index is 1.52. The summed E-state index contributed by atoms with van der Waals surface area (Å²) in [5.74, 6) is 0.723. The van der Waals surface area contributed by atoms with E-state index in [1.165, 1.54) is 5.56 Å². The lowest BCUT2D eigenvalue weighted by Crippen LogP contribution is -3.11. The fourth-order valence-corrected chi connectivity index (χ4v) is 4.01. The summed E-state index contributed by atoms with van der Waals surface area (Å²) in [6.45, 7) is 5.78. The van der Waals surface area contributed by atoms with E-state index in [1.54, 1.807) is 6.07 Å². The summed E-state index contributed by atoms with van der Waals surface area (Å²) >= 11 is 0. The molecule has 2 heterocycles. The van der Waals surface area contributed by atoms with E-state index in [-0.39, 0.29) is 17.5 Å². The van der Waals surface area contributed by atoms with Crippen LogP contribution in [0.2, 0.25) is 0 Å². The molecular formula is C22H25N4O2+. The van der Waals surface area contributed by atoms with Crippen molar-refractivity contribution < 1.29 is 9.69 Å². The van der Waals surface area contributed by atoms with Crippen LogP contribution in [0.3, 0.4) is 0 Å². The summed E-state index contributed by atoms with van der Waals surface area (Å²) in [4.78, 5) is 35.8. The predicted molar refractivity (Wildman–Crippen MR) is 110 cm³/mol. The van der Waals surface area contributed by atoms with Gasteiger partial charge >= 0.3 is 0 Å². The number of H-pyrrole nitrogens is 1. The summed E-state index contributed by atoms with van der Waals surface area (Å²) in [5, 5.41) is 0.586. The van der Waals surface area contributed by atoms with E-state index >= 15 is 0 Å². The van der Waals surface area contributed by atoms with Crippen LogP contribution in [-0.4, -0.2) is 35.0 Å². The van der Waals surface area contributed by atoms with Crippen molar-refractivity contribution in [3.8, 4) is 0 Å². The molecule has 1 aliphatic rings. The van der Waals surface area contributed by atoms with E-state index in [9.17, 15) is 9.59 Å². The molecule has 2 aromatic carbocycles. The van der Waals surface area contributed by atoms with Gasteiger partial charge in [0.05, 0.1) is 17.4 Å². The minimum atomic E-state index is -0.135. The molecule has 0 saturated heterocycles. The number of hydrogen-bond acceptors (Lipinski definition) is 3. The first-order valence-electron chi connectivity index (χ1n) is 9.78. The van der Waals surface area contributed by atoms with Crippen LogP contribution in [0.25, 0.3) is 10.9 Å². The van der Waals surface area contributed by atoms with Crippen LogP contribution in [0.5, 0.6) is 0 Å². The summed E-state index contributed by atoms with van der Waals surface area (Å²) < 4.78 is 0. The minimum Gasteiger partial charge on any atom is -0.321 e. The fraction of sp³-hybridized carbons (Fsp3) is 0.318. The van der Waals surface area contributed by atoms with Crippen LogP contribution < -0.4 is 15.4 Å². The standard InChI is InChI=1S/C22H24N4O2/c1-3-25(13-20-23-18-10-6-5-9-17(18)22(28)24-20)14-21(27)26-15(2)12-16-8-4-7-11-19(16)26/h4-11,15H,3,12-14H2,1-2H3,(H,23,24,28)/p+1/t15-/m1/s1. The summed E-state index contributed by atoms with van der Waals surface area (Å²) in [6.07, 6.45) is 0.892. The normalized spacial score (nSPS) is 16.9. The van der Waals surface area contributed by atoms with Gasteiger partial charge < -0.3 is 14.8 Å². The number of likely N-dealkylation sites (N-methyl/N-ethyl adjacent to an activating group) is 1. The number of para-hydroxylation sites is 2. The Morgan fingerprint density at radius 2 is 1.96 bits per heavy atom. The number of nitrogens with one attached hydrogen (secondary N) is 2. The molecule has 2 N–H and O–H groups in total. The SMILES string of the molecule is CC[NH+](CC(=O)N1c2ccccc2C[C@H]1C)Cc1nc2ccccc2c(=O)[nH]1. The second-order valence-corrected chi connectivity index (χ2v) is 7.43. The first-order chi connectivity index (χ1) is 13.6. The van der Waals surface area contributed by atoms with Crippen molar-refractivity contribution in [2.24, 2.45) is 0 Å². The number of carbonyl (C=O) groups is 1. The summed E-state index contributed by atoms with van der Waals surface area (Å²) in [7, 11) is 0. The smallest absolute Gasteiger partial charge is 0.282 e. The first-order valence-corrected chi connectivity index (χ1v) is 9.78. The summed E-state index contributed by atoms with van der Waals surface area (Å²) in [5.41, 5.74) is 2.80. The van der Waals surface area contributed by atoms with Crippen molar-refractivity contribution >= 4 is 22.5 Å². The van der Waals surface area contributed by atoms with E-state index in [0.29, 0.717) is 29.8 Å². The lowest BCUT2D eigenvalue weighted by atomic mass is 10.1. The monoisotopic (exact) mass is 377 g/mol. The second kappa shape index (κ2) is 7.56. The third kappa shape index (κ3) is 3.43. The lowest BCUT2D eigenvalue weighted by molar-refractivity contribution is -0.904. The highest BCUT2D eigenvalue weighted by Gasteiger charge is 2.32. The first kappa shape index (κ1) is 18.4. The van der Waals surface area contributed by atoms with Gasteiger partial charge in [-0.25, -0.2) is 4.98 Å². The van der Waals surface area contributed by atoms with Crippen molar-refractivity contribution in [3.63, 3.8) is 0 Å². The number of aromatic amines is 1. The molecular weight excluding hydrogens is 352 g/mol. The molecule has 6 nitrogen and oxygen atoms in total. The van der Waals surface area contributed by atoms with E-state index < -0.39 is 0 Å². The molecule has 0 saturated carbocycles. The maximum Gasteiger partial charge on any atom is 0.282 e. The van der Waals surface area contributed by atoms with Gasteiger partial charge in [0, 0.05) is 11.7 Å². The Morgan fingerprint density at radius 1 is 1.21 bits per heavy atom. The van der Waals surface area contributed by atoms with E-state index in [2.05, 4.69) is 23.0 Å². The molecule has 0 spiro atoms. The Morgan fingerprint density at radius 3 is 2.79 bits per heavy atom. The fourth-order valence-electron chi connectivity index (χ4n) is 4.01. The molecule has 28 heavy (non-hydrogen) atoms. The quantitative estimate of drug-likeness (QED) is 0.704. The number of anilines is 1. The molecule has 2 atom stereocenters.